The van der Waals surface area contributed by atoms with E-state index in [2.05, 4.69) is 60.4 Å². The molecule has 0 saturated heterocycles. The van der Waals surface area contributed by atoms with Crippen LogP contribution in [0.4, 0.5) is 0 Å². The molecule has 2 heteroatoms. The molecule has 1 aromatic heterocycles. The second-order valence-electron chi connectivity index (χ2n) is 4.77. The minimum atomic E-state index is 0. The first-order valence-electron chi connectivity index (χ1n) is 6.72. The number of benzene rings is 2. The molecule has 0 saturated carbocycles. The SMILES string of the molecule is CCCc1ccnc(-c2[c-]cc3ccccc3c2)c1.[Ir]. The first-order chi connectivity index (χ1) is 9.36. The Balaban J connectivity index is 0.00000147. The minimum absolute atomic E-state index is 0. The molecule has 0 amide bonds. The Morgan fingerprint density at radius 2 is 1.85 bits per heavy atom. The first kappa shape index (κ1) is 14.9. The predicted molar refractivity (Wildman–Crippen MR) is 80.0 cm³/mol. The van der Waals surface area contributed by atoms with Crippen LogP contribution in [0.25, 0.3) is 22.0 Å². The van der Waals surface area contributed by atoms with Crippen LogP contribution in [-0.4, -0.2) is 4.98 Å². The molecule has 0 fully saturated rings. The number of rotatable bonds is 3. The Kier molecular flexibility index (Phi) is 5.05. The van der Waals surface area contributed by atoms with E-state index in [0.29, 0.717) is 0 Å². The molecule has 0 atom stereocenters. The average Bonchev–Trinajstić information content (AvgIpc) is 2.47. The fourth-order valence-electron chi connectivity index (χ4n) is 2.34. The van der Waals surface area contributed by atoms with Gasteiger partial charge in [0.05, 0.1) is 0 Å². The van der Waals surface area contributed by atoms with Gasteiger partial charge in [-0.05, 0) is 18.2 Å². The summed E-state index contributed by atoms with van der Waals surface area (Å²) < 4.78 is 0. The zero-order valence-corrected chi connectivity index (χ0v) is 13.8. The third-order valence-corrected chi connectivity index (χ3v) is 3.32. The molecule has 0 unspecified atom stereocenters. The summed E-state index contributed by atoms with van der Waals surface area (Å²) in [6.07, 6.45) is 4.15. The van der Waals surface area contributed by atoms with E-state index in [0.717, 1.165) is 24.1 Å². The second kappa shape index (κ2) is 6.78. The van der Waals surface area contributed by atoms with Crippen LogP contribution in [-0.2, 0) is 26.5 Å². The van der Waals surface area contributed by atoms with E-state index >= 15 is 0 Å². The normalized spacial score (nSPS) is 10.2. The molecule has 0 N–H and O–H groups in total. The molecular weight excluding hydrogens is 422 g/mol. The van der Waals surface area contributed by atoms with E-state index in [1.165, 1.54) is 16.3 Å². The second-order valence-corrected chi connectivity index (χ2v) is 4.77. The van der Waals surface area contributed by atoms with Crippen LogP contribution in [0.5, 0.6) is 0 Å². The number of hydrogen-bond donors (Lipinski definition) is 0. The molecule has 2 aromatic carbocycles. The van der Waals surface area contributed by atoms with Crippen molar-refractivity contribution in [1.82, 2.24) is 4.98 Å². The van der Waals surface area contributed by atoms with Crippen molar-refractivity contribution in [3.05, 3.63) is 66.4 Å². The number of nitrogens with zero attached hydrogens (tertiary/aromatic N) is 1. The van der Waals surface area contributed by atoms with Crippen LogP contribution in [0.15, 0.2) is 54.7 Å². The van der Waals surface area contributed by atoms with Gasteiger partial charge in [-0.25, -0.2) is 0 Å². The smallest absolute Gasteiger partial charge is 0.0163 e. The molecule has 0 aliphatic heterocycles. The van der Waals surface area contributed by atoms with Crippen LogP contribution in [0.1, 0.15) is 18.9 Å². The molecule has 3 rings (SSSR count). The Morgan fingerprint density at radius 1 is 1.05 bits per heavy atom. The molecule has 1 heterocycles. The van der Waals surface area contributed by atoms with E-state index < -0.39 is 0 Å². The quantitative estimate of drug-likeness (QED) is 0.543. The molecule has 0 aliphatic carbocycles. The molecule has 1 radical (unpaired) electrons. The molecular formula is C18H16IrN-. The molecule has 20 heavy (non-hydrogen) atoms. The zero-order chi connectivity index (χ0) is 13.1. The number of hydrogen-bond acceptors (Lipinski definition) is 1. The van der Waals surface area contributed by atoms with Gasteiger partial charge in [-0.1, -0.05) is 54.6 Å². The standard InChI is InChI=1S/C18H16N.Ir/c1-2-5-14-10-11-19-18(12-14)17-9-8-15-6-3-4-7-16(15)13-17;/h3-4,6-8,10-13H,2,5H2,1H3;/q-1;. The summed E-state index contributed by atoms with van der Waals surface area (Å²) in [4.78, 5) is 4.47. The van der Waals surface area contributed by atoms with E-state index in [1.54, 1.807) is 0 Å². The largest absolute Gasteiger partial charge is 0.305 e. The van der Waals surface area contributed by atoms with Crippen LogP contribution < -0.4 is 0 Å². The van der Waals surface area contributed by atoms with E-state index in [4.69, 9.17) is 0 Å². The maximum absolute atomic E-state index is 4.47. The summed E-state index contributed by atoms with van der Waals surface area (Å²) in [5.41, 5.74) is 3.42. The van der Waals surface area contributed by atoms with Crippen molar-refractivity contribution in [1.29, 1.82) is 0 Å². The van der Waals surface area contributed by atoms with Crippen LogP contribution >= 0.6 is 0 Å². The molecule has 3 aromatic rings. The van der Waals surface area contributed by atoms with E-state index in [9.17, 15) is 0 Å². The molecule has 103 valence electrons. The summed E-state index contributed by atoms with van der Waals surface area (Å²) in [7, 11) is 0. The fourth-order valence-corrected chi connectivity index (χ4v) is 2.34. The van der Waals surface area contributed by atoms with Crippen molar-refractivity contribution < 1.29 is 20.1 Å². The topological polar surface area (TPSA) is 12.9 Å². The van der Waals surface area contributed by atoms with Gasteiger partial charge in [0.25, 0.3) is 0 Å². The third kappa shape index (κ3) is 3.15. The third-order valence-electron chi connectivity index (χ3n) is 3.32. The minimum Gasteiger partial charge on any atom is -0.305 e. The molecule has 0 bridgehead atoms. The number of aromatic nitrogens is 1. The zero-order valence-electron chi connectivity index (χ0n) is 11.4. The molecule has 0 spiro atoms. The van der Waals surface area contributed by atoms with Crippen molar-refractivity contribution >= 4 is 10.8 Å². The van der Waals surface area contributed by atoms with Gasteiger partial charge in [-0.3, -0.25) is 0 Å². The van der Waals surface area contributed by atoms with Gasteiger partial charge in [0.2, 0.25) is 0 Å². The Hall–Kier alpha value is -1.50. The molecule has 0 aliphatic rings. The van der Waals surface area contributed by atoms with Crippen LogP contribution in [0.3, 0.4) is 0 Å². The van der Waals surface area contributed by atoms with Gasteiger partial charge < -0.3 is 4.98 Å². The number of aryl methyl sites for hydroxylation is 1. The van der Waals surface area contributed by atoms with E-state index in [1.807, 2.05) is 12.3 Å². The summed E-state index contributed by atoms with van der Waals surface area (Å²) in [5, 5.41) is 2.45. The summed E-state index contributed by atoms with van der Waals surface area (Å²) in [6, 6.07) is 20.1. The molecule has 1 nitrogen and oxygen atoms in total. The van der Waals surface area contributed by atoms with Crippen LogP contribution in [0.2, 0.25) is 0 Å². The Bertz CT molecular complexity index is 706. The predicted octanol–water partition coefficient (Wildman–Crippen LogP) is 4.65. The van der Waals surface area contributed by atoms with Gasteiger partial charge in [0, 0.05) is 26.3 Å². The van der Waals surface area contributed by atoms with Crippen molar-refractivity contribution in [2.24, 2.45) is 0 Å². The van der Waals surface area contributed by atoms with Crippen molar-refractivity contribution in [2.75, 3.05) is 0 Å². The van der Waals surface area contributed by atoms with Crippen molar-refractivity contribution in [2.45, 2.75) is 19.8 Å². The first-order valence-corrected chi connectivity index (χ1v) is 6.72. The van der Waals surface area contributed by atoms with E-state index in [-0.39, 0.29) is 20.1 Å². The van der Waals surface area contributed by atoms with Gasteiger partial charge in [-0.15, -0.1) is 29.1 Å². The Morgan fingerprint density at radius 3 is 2.65 bits per heavy atom. The summed E-state index contributed by atoms with van der Waals surface area (Å²) in [5.74, 6) is 0. The number of fused-ring (bicyclic) bond motifs is 1. The summed E-state index contributed by atoms with van der Waals surface area (Å²) in [6.45, 7) is 2.20. The average molecular weight is 439 g/mol. The maximum Gasteiger partial charge on any atom is 0.0163 e. The van der Waals surface area contributed by atoms with Gasteiger partial charge in [-0.2, -0.15) is 0 Å². The Labute approximate surface area is 133 Å². The number of pyridine rings is 1. The van der Waals surface area contributed by atoms with Gasteiger partial charge in [0.15, 0.2) is 0 Å². The van der Waals surface area contributed by atoms with Crippen molar-refractivity contribution in [3.8, 4) is 11.3 Å². The van der Waals surface area contributed by atoms with Crippen molar-refractivity contribution in [3.63, 3.8) is 0 Å². The fraction of sp³-hybridized carbons (Fsp3) is 0.167. The monoisotopic (exact) mass is 439 g/mol. The maximum atomic E-state index is 4.47. The van der Waals surface area contributed by atoms with Crippen LogP contribution in [0, 0.1) is 6.07 Å². The van der Waals surface area contributed by atoms with Gasteiger partial charge in [0.1, 0.15) is 0 Å². The summed E-state index contributed by atoms with van der Waals surface area (Å²) >= 11 is 0. The van der Waals surface area contributed by atoms with Gasteiger partial charge >= 0.3 is 0 Å².